The van der Waals surface area contributed by atoms with Crippen molar-refractivity contribution < 1.29 is 0 Å². The van der Waals surface area contributed by atoms with Gasteiger partial charge in [0.2, 0.25) is 0 Å². The van der Waals surface area contributed by atoms with E-state index in [4.69, 9.17) is 9.97 Å². The molecule has 5 heteroatoms. The quantitative estimate of drug-likeness (QED) is 0.158. The molecule has 0 spiro atoms. The SMILES string of the molecule is N=C(/C(=C1\NC(c2cccc(-c3nc(-c4ccccc4)cc(-c4cc5c6ccccc6n6c7ccccc7c(c4)c56)n3)c2)=Cc2ccccc21)c1ccccc1)c1ccccc1. The van der Waals surface area contributed by atoms with Crippen molar-refractivity contribution >= 4 is 66.8 Å². The number of para-hydroxylation sites is 2. The molecule has 8 aromatic carbocycles. The highest BCUT2D eigenvalue weighted by atomic mass is 14.9. The van der Waals surface area contributed by atoms with Crippen LogP contribution in [0, 0.1) is 5.41 Å². The van der Waals surface area contributed by atoms with Crippen molar-refractivity contribution in [1.29, 1.82) is 5.41 Å². The van der Waals surface area contributed by atoms with E-state index in [9.17, 15) is 5.41 Å². The lowest BCUT2D eigenvalue weighted by atomic mass is 9.88. The maximum absolute atomic E-state index is 9.61. The Labute approximate surface area is 358 Å². The third-order valence-corrected chi connectivity index (χ3v) is 12.1. The molecular formula is C57H37N5. The molecule has 5 nitrogen and oxygen atoms in total. The number of fused-ring (bicyclic) bond motifs is 7. The van der Waals surface area contributed by atoms with Crippen LogP contribution in [0.1, 0.15) is 27.8 Å². The van der Waals surface area contributed by atoms with Crippen molar-refractivity contribution in [2.45, 2.75) is 0 Å². The van der Waals surface area contributed by atoms with E-state index in [0.29, 0.717) is 11.5 Å². The summed E-state index contributed by atoms with van der Waals surface area (Å²) in [5.41, 5.74) is 16.4. The molecule has 2 N–H and O–H groups in total. The summed E-state index contributed by atoms with van der Waals surface area (Å²) in [4.78, 5) is 10.6. The van der Waals surface area contributed by atoms with Crippen LogP contribution in [-0.2, 0) is 0 Å². The second kappa shape index (κ2) is 14.4. The van der Waals surface area contributed by atoms with E-state index in [1.165, 1.54) is 38.1 Å². The van der Waals surface area contributed by atoms with Gasteiger partial charge in [-0.3, -0.25) is 5.41 Å². The first-order valence-corrected chi connectivity index (χ1v) is 20.9. The Hall–Kier alpha value is -8.41. The first-order valence-electron chi connectivity index (χ1n) is 20.9. The summed E-state index contributed by atoms with van der Waals surface area (Å²) in [7, 11) is 0. The summed E-state index contributed by atoms with van der Waals surface area (Å²) in [5.74, 6) is 0.644. The van der Waals surface area contributed by atoms with E-state index in [2.05, 4.69) is 167 Å². The molecule has 0 fully saturated rings. The van der Waals surface area contributed by atoms with Gasteiger partial charge >= 0.3 is 0 Å². The van der Waals surface area contributed by atoms with Crippen LogP contribution < -0.4 is 5.32 Å². The van der Waals surface area contributed by atoms with Gasteiger partial charge in [-0.05, 0) is 59.2 Å². The van der Waals surface area contributed by atoms with Gasteiger partial charge < -0.3 is 9.72 Å². The third kappa shape index (κ3) is 5.82. The van der Waals surface area contributed by atoms with Crippen LogP contribution in [0.3, 0.4) is 0 Å². The van der Waals surface area contributed by atoms with Crippen molar-refractivity contribution in [1.82, 2.24) is 19.7 Å². The zero-order valence-corrected chi connectivity index (χ0v) is 33.5. The Morgan fingerprint density at radius 2 is 1.00 bits per heavy atom. The van der Waals surface area contributed by atoms with Gasteiger partial charge in [0.1, 0.15) is 0 Å². The summed E-state index contributed by atoms with van der Waals surface area (Å²) in [6, 6.07) is 71.6. The molecule has 4 heterocycles. The van der Waals surface area contributed by atoms with Crippen molar-refractivity contribution in [3.05, 3.63) is 234 Å². The van der Waals surface area contributed by atoms with Gasteiger partial charge in [-0.2, -0.15) is 0 Å². The molecule has 290 valence electrons. The van der Waals surface area contributed by atoms with Crippen LogP contribution in [0.25, 0.3) is 95.0 Å². The fourth-order valence-electron chi connectivity index (χ4n) is 9.27. The largest absolute Gasteiger partial charge is 0.354 e. The Morgan fingerprint density at radius 1 is 0.452 bits per heavy atom. The average Bonchev–Trinajstić information content (AvgIpc) is 3.87. The number of aromatic nitrogens is 3. The van der Waals surface area contributed by atoms with Crippen LogP contribution in [0.2, 0.25) is 0 Å². The van der Waals surface area contributed by atoms with E-state index in [1.807, 2.05) is 54.6 Å². The second-order valence-electron chi connectivity index (χ2n) is 15.8. The van der Waals surface area contributed by atoms with Crippen LogP contribution in [0.4, 0.5) is 0 Å². The van der Waals surface area contributed by atoms with Gasteiger partial charge in [-0.1, -0.05) is 170 Å². The third-order valence-electron chi connectivity index (χ3n) is 12.1. The minimum atomic E-state index is 0.451. The van der Waals surface area contributed by atoms with Crippen LogP contribution in [-0.4, -0.2) is 20.1 Å². The van der Waals surface area contributed by atoms with Crippen LogP contribution in [0.5, 0.6) is 0 Å². The Kier molecular flexibility index (Phi) is 8.25. The van der Waals surface area contributed by atoms with Crippen molar-refractivity contribution in [3.8, 4) is 33.9 Å². The molecule has 0 saturated carbocycles. The predicted molar refractivity (Wildman–Crippen MR) is 257 cm³/mol. The molecule has 0 aliphatic carbocycles. The smallest absolute Gasteiger partial charge is 0.160 e. The number of nitrogens with one attached hydrogen (secondary N) is 2. The lowest BCUT2D eigenvalue weighted by molar-refractivity contribution is 1.18. The van der Waals surface area contributed by atoms with Gasteiger partial charge in [-0.25, -0.2) is 9.97 Å². The zero-order valence-electron chi connectivity index (χ0n) is 33.5. The van der Waals surface area contributed by atoms with Crippen molar-refractivity contribution in [2.24, 2.45) is 0 Å². The standard InChI is InChI=1S/C57H37N5/c58-54(38-21-8-3-9-22-38)53(37-19-6-2-7-20-37)55-43-26-11-10-23-39(43)34-48(59-55)40-24-16-25-41(31-40)57-60-49(36-17-4-1-5-18-36)35-50(61-57)42-32-46-44-27-12-14-29-51(44)62-52-30-15-13-28-45(52)47(33-42)56(46)62/h1-35,58-59H/b55-53-,58-54?. The molecule has 0 amide bonds. The topological polar surface area (TPSA) is 66.1 Å². The highest BCUT2D eigenvalue weighted by Crippen LogP contribution is 2.42. The van der Waals surface area contributed by atoms with Crippen molar-refractivity contribution in [2.75, 3.05) is 0 Å². The molecular weight excluding hydrogens is 755 g/mol. The van der Waals surface area contributed by atoms with E-state index >= 15 is 0 Å². The van der Waals surface area contributed by atoms with Gasteiger partial charge in [0.25, 0.3) is 0 Å². The molecule has 12 rings (SSSR count). The molecule has 0 saturated heterocycles. The maximum Gasteiger partial charge on any atom is 0.160 e. The number of rotatable bonds is 7. The number of nitrogens with zero attached hydrogens (tertiary/aromatic N) is 3. The molecule has 62 heavy (non-hydrogen) atoms. The molecule has 1 aliphatic heterocycles. The Balaban J connectivity index is 1.03. The molecule has 1 aliphatic rings. The van der Waals surface area contributed by atoms with Gasteiger partial charge in [0.15, 0.2) is 5.82 Å². The number of allylic oxidation sites excluding steroid dienone is 1. The number of hydrogen-bond acceptors (Lipinski definition) is 4. The van der Waals surface area contributed by atoms with Gasteiger partial charge in [-0.15, -0.1) is 0 Å². The average molecular weight is 792 g/mol. The lowest BCUT2D eigenvalue weighted by Crippen LogP contribution is -2.20. The Bertz CT molecular complexity index is 3520. The summed E-state index contributed by atoms with van der Waals surface area (Å²) < 4.78 is 2.41. The number of benzene rings is 8. The molecule has 11 aromatic rings. The Morgan fingerprint density at radius 3 is 1.69 bits per heavy atom. The number of hydrogen-bond donors (Lipinski definition) is 2. The zero-order chi connectivity index (χ0) is 41.1. The fraction of sp³-hybridized carbons (Fsp3) is 0. The highest BCUT2D eigenvalue weighted by molar-refractivity contribution is 6.36. The first kappa shape index (κ1) is 35.5. The molecule has 0 radical (unpaired) electrons. The molecule has 0 atom stereocenters. The van der Waals surface area contributed by atoms with E-state index in [0.717, 1.165) is 72.9 Å². The van der Waals surface area contributed by atoms with E-state index < -0.39 is 0 Å². The molecule has 0 bridgehead atoms. The highest BCUT2D eigenvalue weighted by Gasteiger charge is 2.25. The minimum Gasteiger partial charge on any atom is -0.354 e. The van der Waals surface area contributed by atoms with Crippen molar-refractivity contribution in [3.63, 3.8) is 0 Å². The maximum atomic E-state index is 9.61. The van der Waals surface area contributed by atoms with E-state index in [1.54, 1.807) is 0 Å². The summed E-state index contributed by atoms with van der Waals surface area (Å²) in [6.07, 6.45) is 2.20. The van der Waals surface area contributed by atoms with Crippen LogP contribution >= 0.6 is 0 Å². The minimum absolute atomic E-state index is 0.451. The normalized spacial score (nSPS) is 13.3. The van der Waals surface area contributed by atoms with Gasteiger partial charge in [0, 0.05) is 60.6 Å². The lowest BCUT2D eigenvalue weighted by Gasteiger charge is -2.26. The second-order valence-corrected chi connectivity index (χ2v) is 15.8. The summed E-state index contributed by atoms with van der Waals surface area (Å²) >= 11 is 0. The van der Waals surface area contributed by atoms with Gasteiger partial charge in [0.05, 0.1) is 39.3 Å². The predicted octanol–water partition coefficient (Wildman–Crippen LogP) is 13.7. The monoisotopic (exact) mass is 791 g/mol. The van der Waals surface area contributed by atoms with E-state index in [-0.39, 0.29) is 0 Å². The summed E-state index contributed by atoms with van der Waals surface area (Å²) in [6.45, 7) is 0. The molecule has 3 aromatic heterocycles. The van der Waals surface area contributed by atoms with Crippen LogP contribution in [0.15, 0.2) is 206 Å². The molecule has 0 unspecified atom stereocenters. The fourth-order valence-corrected chi connectivity index (χ4v) is 9.27. The first-order chi connectivity index (χ1) is 30.7. The summed E-state index contributed by atoms with van der Waals surface area (Å²) in [5, 5.41) is 18.3.